The zero-order chi connectivity index (χ0) is 19.1. The highest BCUT2D eigenvalue weighted by molar-refractivity contribution is 14.0. The average Bonchev–Trinajstić information content (AvgIpc) is 3.12. The van der Waals surface area contributed by atoms with Crippen LogP contribution >= 0.6 is 24.0 Å². The summed E-state index contributed by atoms with van der Waals surface area (Å²) < 4.78 is 1.97. The van der Waals surface area contributed by atoms with Gasteiger partial charge in [0.05, 0.1) is 6.54 Å². The zero-order valence-corrected chi connectivity index (χ0v) is 18.9. The highest BCUT2D eigenvalue weighted by Gasteiger charge is 2.08. The Balaban J connectivity index is 0.00000280. The average molecular weight is 493 g/mol. The van der Waals surface area contributed by atoms with Crippen LogP contribution in [-0.2, 0) is 6.54 Å². The van der Waals surface area contributed by atoms with Crippen LogP contribution in [0.5, 0.6) is 0 Å². The molecule has 8 heteroatoms. The number of aryl methyl sites for hydroxylation is 1. The molecule has 28 heavy (non-hydrogen) atoms. The summed E-state index contributed by atoms with van der Waals surface area (Å²) in [6.07, 6.45) is 1.96. The van der Waals surface area contributed by atoms with E-state index in [-0.39, 0.29) is 24.0 Å². The van der Waals surface area contributed by atoms with E-state index >= 15 is 0 Å². The van der Waals surface area contributed by atoms with Crippen molar-refractivity contribution < 1.29 is 0 Å². The number of halogens is 1. The smallest absolute Gasteiger partial charge is 0.191 e. The number of aliphatic imine (C=N–C) groups is 1. The van der Waals surface area contributed by atoms with Crippen LogP contribution in [0.1, 0.15) is 18.3 Å². The maximum absolute atomic E-state index is 4.30. The minimum absolute atomic E-state index is 0. The molecule has 0 radical (unpaired) electrons. The Labute approximate surface area is 183 Å². The normalized spacial score (nSPS) is 11.2. The summed E-state index contributed by atoms with van der Waals surface area (Å²) in [6.45, 7) is 7.54. The molecule has 150 valence electrons. The monoisotopic (exact) mass is 493 g/mol. The number of pyridine rings is 1. The third kappa shape index (κ3) is 5.34. The molecule has 0 saturated heterocycles. The fraction of sp³-hybridized carbons (Fsp3) is 0.350. The van der Waals surface area contributed by atoms with E-state index < -0.39 is 0 Å². The van der Waals surface area contributed by atoms with E-state index in [1.807, 2.05) is 28.8 Å². The third-order valence-corrected chi connectivity index (χ3v) is 4.53. The lowest BCUT2D eigenvalue weighted by atomic mass is 10.2. The summed E-state index contributed by atoms with van der Waals surface area (Å²) in [7, 11) is 1.77. The fourth-order valence-corrected chi connectivity index (χ4v) is 3.07. The summed E-state index contributed by atoms with van der Waals surface area (Å²) in [4.78, 5) is 6.66. The maximum Gasteiger partial charge on any atom is 0.191 e. The minimum atomic E-state index is 0. The molecule has 3 aromatic rings. The van der Waals surface area contributed by atoms with E-state index in [4.69, 9.17) is 0 Å². The Morgan fingerprint density at radius 3 is 2.64 bits per heavy atom. The second-order valence-electron chi connectivity index (χ2n) is 6.26. The number of hydrogen-bond donors (Lipinski definition) is 2. The molecule has 0 aliphatic rings. The van der Waals surface area contributed by atoms with Crippen molar-refractivity contribution in [3.8, 4) is 0 Å². The number of guanidine groups is 1. The number of anilines is 1. The molecule has 1 aromatic carbocycles. The highest BCUT2D eigenvalue weighted by Crippen LogP contribution is 2.18. The molecule has 0 fully saturated rings. The Kier molecular flexibility index (Phi) is 8.49. The molecule has 7 nitrogen and oxygen atoms in total. The van der Waals surface area contributed by atoms with Gasteiger partial charge in [0.25, 0.3) is 0 Å². The number of likely N-dealkylation sites (N-methyl/N-ethyl adjacent to an activating group) is 1. The van der Waals surface area contributed by atoms with E-state index in [0.717, 1.165) is 37.1 Å². The predicted molar refractivity (Wildman–Crippen MR) is 126 cm³/mol. The van der Waals surface area contributed by atoms with Crippen LogP contribution in [-0.4, -0.2) is 47.2 Å². The topological polar surface area (TPSA) is 69.8 Å². The summed E-state index contributed by atoms with van der Waals surface area (Å²) >= 11 is 0. The molecule has 2 heterocycles. The Morgan fingerprint density at radius 1 is 1.11 bits per heavy atom. The summed E-state index contributed by atoms with van der Waals surface area (Å²) in [5.74, 6) is 1.60. The molecule has 0 bridgehead atoms. The number of hydrogen-bond acceptors (Lipinski definition) is 4. The number of para-hydroxylation sites is 1. The quantitative estimate of drug-likeness (QED) is 0.301. The molecule has 0 unspecified atom stereocenters. The van der Waals surface area contributed by atoms with Gasteiger partial charge in [0.1, 0.15) is 0 Å². The minimum Gasteiger partial charge on any atom is -0.370 e. The van der Waals surface area contributed by atoms with Crippen LogP contribution in [0, 0.1) is 6.92 Å². The fourth-order valence-electron chi connectivity index (χ4n) is 3.07. The van der Waals surface area contributed by atoms with Gasteiger partial charge in [0.15, 0.2) is 17.4 Å². The first-order valence-corrected chi connectivity index (χ1v) is 9.26. The van der Waals surface area contributed by atoms with Crippen LogP contribution in [0.2, 0.25) is 0 Å². The van der Waals surface area contributed by atoms with Crippen molar-refractivity contribution in [3.63, 3.8) is 0 Å². The summed E-state index contributed by atoms with van der Waals surface area (Å²) in [5.41, 5.74) is 3.41. The van der Waals surface area contributed by atoms with Crippen molar-refractivity contribution in [1.29, 1.82) is 0 Å². The first-order valence-electron chi connectivity index (χ1n) is 9.26. The van der Waals surface area contributed by atoms with Crippen molar-refractivity contribution >= 4 is 41.3 Å². The first-order chi connectivity index (χ1) is 13.2. The van der Waals surface area contributed by atoms with E-state index in [1.165, 1.54) is 11.3 Å². The van der Waals surface area contributed by atoms with E-state index in [2.05, 4.69) is 68.8 Å². The maximum atomic E-state index is 4.30. The van der Waals surface area contributed by atoms with Crippen molar-refractivity contribution in [2.45, 2.75) is 20.4 Å². The second-order valence-corrected chi connectivity index (χ2v) is 6.26. The van der Waals surface area contributed by atoms with Crippen molar-refractivity contribution in [1.82, 2.24) is 25.2 Å². The second kappa shape index (κ2) is 10.8. The molecular formula is C20H28IN7. The molecule has 0 spiro atoms. The van der Waals surface area contributed by atoms with Gasteiger partial charge in [-0.25, -0.2) is 0 Å². The van der Waals surface area contributed by atoms with E-state index in [0.29, 0.717) is 6.54 Å². The van der Waals surface area contributed by atoms with Gasteiger partial charge in [-0.1, -0.05) is 24.3 Å². The van der Waals surface area contributed by atoms with Gasteiger partial charge in [0.2, 0.25) is 0 Å². The Hall–Kier alpha value is -2.36. The first kappa shape index (κ1) is 21.9. The van der Waals surface area contributed by atoms with E-state index in [1.54, 1.807) is 7.05 Å². The molecule has 0 atom stereocenters. The van der Waals surface area contributed by atoms with Crippen LogP contribution < -0.4 is 15.5 Å². The molecule has 0 aliphatic heterocycles. The molecule has 0 amide bonds. The Morgan fingerprint density at radius 2 is 1.89 bits per heavy atom. The van der Waals surface area contributed by atoms with Gasteiger partial charge in [-0.15, -0.1) is 34.2 Å². The number of nitrogens with zero attached hydrogens (tertiary/aromatic N) is 5. The van der Waals surface area contributed by atoms with Gasteiger partial charge < -0.3 is 15.5 Å². The molecule has 2 N–H and O–H groups in total. The predicted octanol–water partition coefficient (Wildman–Crippen LogP) is 2.85. The molecule has 0 aliphatic carbocycles. The van der Waals surface area contributed by atoms with Gasteiger partial charge >= 0.3 is 0 Å². The van der Waals surface area contributed by atoms with Crippen LogP contribution in [0.15, 0.2) is 53.7 Å². The lowest BCUT2D eigenvalue weighted by Crippen LogP contribution is -2.41. The van der Waals surface area contributed by atoms with Gasteiger partial charge in [-0.05, 0) is 37.6 Å². The summed E-state index contributed by atoms with van der Waals surface area (Å²) in [6, 6.07) is 14.3. The van der Waals surface area contributed by atoms with Crippen molar-refractivity contribution in [2.75, 3.05) is 31.6 Å². The lowest BCUT2D eigenvalue weighted by Gasteiger charge is -2.25. The SMILES string of the molecule is CCN(CCNC(=NC)NCc1nnc2ccccn12)c1ccccc1C.I. The van der Waals surface area contributed by atoms with Crippen LogP contribution in [0.3, 0.4) is 0 Å². The number of rotatable bonds is 7. The number of aromatic nitrogens is 3. The lowest BCUT2D eigenvalue weighted by molar-refractivity contribution is 0.733. The number of nitrogens with one attached hydrogen (secondary N) is 2. The highest BCUT2D eigenvalue weighted by atomic mass is 127. The van der Waals surface area contributed by atoms with Gasteiger partial charge in [0, 0.05) is 38.6 Å². The largest absolute Gasteiger partial charge is 0.370 e. The van der Waals surface area contributed by atoms with E-state index in [9.17, 15) is 0 Å². The van der Waals surface area contributed by atoms with Crippen molar-refractivity contribution in [3.05, 3.63) is 60.0 Å². The Bertz CT molecular complexity index is 906. The van der Waals surface area contributed by atoms with Gasteiger partial charge in [-0.2, -0.15) is 0 Å². The third-order valence-electron chi connectivity index (χ3n) is 4.53. The van der Waals surface area contributed by atoms with Crippen LogP contribution in [0.25, 0.3) is 5.65 Å². The number of benzene rings is 1. The zero-order valence-electron chi connectivity index (χ0n) is 16.6. The summed E-state index contributed by atoms with van der Waals surface area (Å²) in [5, 5.41) is 15.1. The molecule has 3 rings (SSSR count). The number of fused-ring (bicyclic) bond motifs is 1. The van der Waals surface area contributed by atoms with Crippen molar-refractivity contribution in [2.24, 2.45) is 4.99 Å². The molecular weight excluding hydrogens is 465 g/mol. The molecule has 2 aromatic heterocycles. The molecule has 0 saturated carbocycles. The standard InChI is InChI=1S/C20H27N7.HI/c1-4-26(17-10-6-5-9-16(17)2)14-12-22-20(21-3)23-15-19-25-24-18-11-7-8-13-27(18)19;/h5-11,13H,4,12,14-15H2,1-3H3,(H2,21,22,23);1H. The van der Waals surface area contributed by atoms with Gasteiger partial charge in [-0.3, -0.25) is 9.39 Å². The van der Waals surface area contributed by atoms with Crippen LogP contribution in [0.4, 0.5) is 5.69 Å².